The van der Waals surface area contributed by atoms with Crippen molar-refractivity contribution < 1.29 is 63.9 Å². The Hall–Kier alpha value is -16.9. The van der Waals surface area contributed by atoms with E-state index in [9.17, 15) is 45.5 Å². The normalized spacial score (nSPS) is 11.5. The molecular weight excluding hydrogens is 1690 g/mol. The van der Waals surface area contributed by atoms with Crippen LogP contribution in [-0.2, 0) is 42.3 Å². The van der Waals surface area contributed by atoms with Crippen molar-refractivity contribution in [1.82, 2.24) is 116 Å². The third kappa shape index (κ3) is 15.0. The van der Waals surface area contributed by atoms with E-state index in [1.165, 1.54) is 87.2 Å². The molecule has 0 radical (unpaired) electrons. The summed E-state index contributed by atoms with van der Waals surface area (Å²) in [4.78, 5) is 88.8. The maximum atomic E-state index is 15.1. The van der Waals surface area contributed by atoms with Crippen LogP contribution >= 0.6 is 0 Å². The van der Waals surface area contributed by atoms with E-state index in [0.29, 0.717) is 135 Å². The summed E-state index contributed by atoms with van der Waals surface area (Å²) >= 11 is 0. The number of methoxy groups -OCH3 is 5. The molecule has 2 N–H and O–H groups in total. The van der Waals surface area contributed by atoms with Crippen molar-refractivity contribution in [2.45, 2.75) is 20.5 Å². The molecule has 0 saturated carbocycles. The molecule has 0 unspecified atom stereocenters. The van der Waals surface area contributed by atoms with Crippen molar-refractivity contribution in [3.05, 3.63) is 242 Å². The van der Waals surface area contributed by atoms with Gasteiger partial charge in [-0.3, -0.25) is 52.8 Å². The Bertz CT molecular complexity index is 8160. The molecule has 0 fully saturated rings. The molecule has 42 heteroatoms. The zero-order chi connectivity index (χ0) is 91.0. The quantitative estimate of drug-likeness (QED) is 0.0800. The van der Waals surface area contributed by atoms with E-state index in [-0.39, 0.29) is 29.0 Å². The van der Waals surface area contributed by atoms with Crippen molar-refractivity contribution >= 4 is 87.7 Å². The standard InChI is InChI=1S/C23H21FN6O3.C22H17F3N6O3.C21H16F2N6O2.C21H17FN6O3/c1-5-33-14-6-17(24)22(26-10-14)30-21-16-7-15(13-9-27-28(2)12-13)20(32-4)8-18(16)25-11-19(21)29(3)23(30)31;1-29-10-11(7-28-29)13-5-14-16(6-18(13)33-3)26-9-17-19(14)31(22(32)30(17)2)20-15(23)4-12(8-27-20)34-21(24)25;1-10-14(8-26-27-10)12-5-13-16(6-18(12)31-3)24-9-17-19(13)29(21(30)28(17)2)20-15(23)4-11(22)7-25-20;1-27-10-11(7-25-27)13-5-14-16(6-18(13)31-3)23-9-17-19(14)28(21(29)26-17)20-15(22)4-12(30-2)8-24-20/h6-12H,5H2,1-4H3;4-10,21H,1-3H3;4-9H,1-3H3,(H,26,27);4-10H,1-3H3,(H,26,29). The number of hydrogen-bond donors (Lipinski definition) is 2. The molecule has 0 bridgehead atoms. The lowest BCUT2D eigenvalue weighted by Gasteiger charge is -2.11. The number of aromatic nitrogens is 24. The van der Waals surface area contributed by atoms with E-state index in [1.54, 1.807) is 131 Å². The highest BCUT2D eigenvalue weighted by Gasteiger charge is 2.29. The molecule has 0 spiro atoms. The number of alkyl halides is 2. The number of H-pyrrole nitrogens is 2. The van der Waals surface area contributed by atoms with E-state index in [4.69, 9.17) is 28.4 Å². The number of nitrogens with zero attached hydrogens (tertiary/aromatic N) is 22. The van der Waals surface area contributed by atoms with Gasteiger partial charge in [-0.25, -0.2) is 79.3 Å². The average molecular weight is 1760 g/mol. The van der Waals surface area contributed by atoms with E-state index in [0.717, 1.165) is 72.2 Å². The van der Waals surface area contributed by atoms with Gasteiger partial charge in [-0.2, -0.15) is 29.2 Å². The first-order valence-electron chi connectivity index (χ1n) is 38.9. The van der Waals surface area contributed by atoms with Gasteiger partial charge in [-0.05, 0) is 38.1 Å². The lowest BCUT2D eigenvalue weighted by atomic mass is 10.0. The molecule has 0 aliphatic heterocycles. The molecule has 0 saturated heterocycles. The minimum Gasteiger partial charge on any atom is -0.496 e. The van der Waals surface area contributed by atoms with E-state index in [2.05, 4.69) is 75.1 Å². The van der Waals surface area contributed by atoms with Crippen LogP contribution in [0.5, 0.6) is 40.2 Å². The van der Waals surface area contributed by atoms with Crippen molar-refractivity contribution in [3.8, 4) is 108 Å². The first-order chi connectivity index (χ1) is 62.1. The highest BCUT2D eigenvalue weighted by atomic mass is 19.3. The van der Waals surface area contributed by atoms with Crippen molar-refractivity contribution in [1.29, 1.82) is 0 Å². The van der Waals surface area contributed by atoms with Crippen molar-refractivity contribution in [2.75, 3.05) is 42.2 Å². The van der Waals surface area contributed by atoms with Crippen LogP contribution in [0, 0.1) is 36.0 Å². The summed E-state index contributed by atoms with van der Waals surface area (Å²) in [7, 11) is 17.8. The minimum atomic E-state index is -3.14. The Morgan fingerprint density at radius 2 is 0.744 bits per heavy atom. The molecule has 20 aromatic rings. The van der Waals surface area contributed by atoms with Gasteiger partial charge in [0.05, 0.1) is 183 Å². The van der Waals surface area contributed by atoms with Gasteiger partial charge in [-0.15, -0.1) is 0 Å². The molecule has 654 valence electrons. The summed E-state index contributed by atoms with van der Waals surface area (Å²) in [6, 6.07) is 18.2. The lowest BCUT2D eigenvalue weighted by Crippen LogP contribution is -2.22. The number of hydrogen-bond acceptors (Lipinski definition) is 23. The van der Waals surface area contributed by atoms with Crippen LogP contribution in [-0.4, -0.2) is 165 Å². The highest BCUT2D eigenvalue weighted by Crippen LogP contribution is 2.43. The number of nitrogens with one attached hydrogen (secondary N) is 2. The Morgan fingerprint density at radius 1 is 0.380 bits per heavy atom. The molecule has 0 aliphatic rings. The number of imidazole rings is 4. The number of benzene rings is 4. The number of fused-ring (bicyclic) bond motifs is 12. The SMILES string of the molecule is CCOc1cnc(-n2c(=O)n(C)c3cnc4cc(OC)c(-c5cnn(C)c5)cc4c32)c(F)c1.COc1cc2ncc3c(c2cc1-c1cn[nH]c1C)n(-c1ncc(F)cc1F)c(=O)n3C.COc1cc2ncc3c(c2cc1-c1cnn(C)c1)n(-c1ncc(OC(F)F)cc1F)c(=O)n3C.COc1cnc(-n2c(=O)[nH]c3cnc4cc(OC)c(-c5cnn(C)c5)cc4c32)c(F)c1. The maximum absolute atomic E-state index is 15.1. The fourth-order valence-electron chi connectivity index (χ4n) is 15.4. The number of halogens is 7. The number of aryl methyl sites for hydroxylation is 7. The zero-order valence-electron chi connectivity index (χ0n) is 70.3. The van der Waals surface area contributed by atoms with Gasteiger partial charge < -0.3 is 38.1 Å². The Kier molecular flexibility index (Phi) is 22.0. The van der Waals surface area contributed by atoms with Crippen LogP contribution in [0.4, 0.5) is 30.7 Å². The third-order valence-electron chi connectivity index (χ3n) is 21.4. The number of pyridine rings is 8. The second kappa shape index (κ2) is 33.7. The fraction of sp³-hybridized carbons (Fsp3) is 0.172. The van der Waals surface area contributed by atoms with Crippen LogP contribution in [0.3, 0.4) is 0 Å². The number of rotatable bonds is 17. The molecule has 0 atom stereocenters. The maximum Gasteiger partial charge on any atom is 0.387 e. The summed E-state index contributed by atoms with van der Waals surface area (Å²) in [6.07, 6.45) is 23.0. The van der Waals surface area contributed by atoms with Gasteiger partial charge in [0.2, 0.25) is 0 Å². The Labute approximate surface area is 720 Å². The van der Waals surface area contributed by atoms with Crippen LogP contribution in [0.25, 0.3) is 156 Å². The van der Waals surface area contributed by atoms with E-state index in [1.807, 2.05) is 51.6 Å². The molecule has 16 heterocycles. The first-order valence-corrected chi connectivity index (χ1v) is 38.9. The summed E-state index contributed by atoms with van der Waals surface area (Å²) < 4.78 is 149. The first kappa shape index (κ1) is 84.4. The smallest absolute Gasteiger partial charge is 0.387 e. The lowest BCUT2D eigenvalue weighted by molar-refractivity contribution is -0.0502. The largest absolute Gasteiger partial charge is 0.496 e. The monoisotopic (exact) mass is 1760 g/mol. The molecule has 16 aromatic heterocycles. The topological polar surface area (TPSA) is 368 Å². The third-order valence-corrected chi connectivity index (χ3v) is 21.4. The van der Waals surface area contributed by atoms with Crippen LogP contribution in [0.2, 0.25) is 0 Å². The minimum absolute atomic E-state index is 0.111. The van der Waals surface area contributed by atoms with Gasteiger partial charge in [0.1, 0.15) is 46.1 Å². The van der Waals surface area contributed by atoms with E-state index < -0.39 is 64.2 Å². The molecule has 35 nitrogen and oxygen atoms in total. The van der Waals surface area contributed by atoms with Crippen LogP contribution in [0.15, 0.2) is 185 Å². The molecule has 20 rings (SSSR count). The van der Waals surface area contributed by atoms with Crippen molar-refractivity contribution in [2.24, 2.45) is 42.3 Å². The second-order valence-corrected chi connectivity index (χ2v) is 29.1. The summed E-state index contributed by atoms with van der Waals surface area (Å²) in [6.45, 7) is 0.919. The molecule has 129 heavy (non-hydrogen) atoms. The van der Waals surface area contributed by atoms with Gasteiger partial charge in [-0.1, -0.05) is 0 Å². The number of aromatic amines is 2. The van der Waals surface area contributed by atoms with Crippen LogP contribution < -0.4 is 55.9 Å². The molecule has 0 amide bonds. The predicted molar refractivity (Wildman–Crippen MR) is 461 cm³/mol. The average Bonchev–Trinajstić information content (AvgIpc) is 1.60. The second-order valence-electron chi connectivity index (χ2n) is 29.1. The van der Waals surface area contributed by atoms with E-state index >= 15 is 4.39 Å². The molecular formula is C87H71F7N24O11. The van der Waals surface area contributed by atoms with Gasteiger partial charge in [0.25, 0.3) is 0 Å². The van der Waals surface area contributed by atoms with Crippen molar-refractivity contribution in [3.63, 3.8) is 0 Å². The van der Waals surface area contributed by atoms with Gasteiger partial charge in [0.15, 0.2) is 46.5 Å². The molecule has 0 aliphatic carbocycles. The predicted octanol–water partition coefficient (Wildman–Crippen LogP) is 12.7. The summed E-state index contributed by atoms with van der Waals surface area (Å²) in [5.74, 6) is -2.62. The highest BCUT2D eigenvalue weighted by molar-refractivity contribution is 6.09. The Balaban J connectivity index is 0.000000121. The fourth-order valence-corrected chi connectivity index (χ4v) is 15.4. The van der Waals surface area contributed by atoms with Gasteiger partial charge in [0, 0.05) is 181 Å². The summed E-state index contributed by atoms with van der Waals surface area (Å²) in [5, 5.41) is 22.0. The van der Waals surface area contributed by atoms with Gasteiger partial charge >= 0.3 is 29.4 Å². The van der Waals surface area contributed by atoms with Crippen LogP contribution in [0.1, 0.15) is 12.6 Å². The summed E-state index contributed by atoms with van der Waals surface area (Å²) in [5.41, 5.74) is 10.8. The number of ether oxygens (including phenoxy) is 7. The zero-order valence-corrected chi connectivity index (χ0v) is 70.3. The Morgan fingerprint density at radius 3 is 1.12 bits per heavy atom. The molecule has 4 aromatic carbocycles.